The molecule has 0 radical (unpaired) electrons. The van der Waals surface area contributed by atoms with Crippen molar-refractivity contribution in [3.8, 4) is 0 Å². The van der Waals surface area contributed by atoms with Crippen molar-refractivity contribution in [3.05, 3.63) is 59.4 Å². The number of rotatable bonds is 5. The fraction of sp³-hybridized carbons (Fsp3) is 0.455. The molecule has 1 heterocycles. The summed E-state index contributed by atoms with van der Waals surface area (Å²) < 4.78 is 40.7. The zero-order valence-corrected chi connectivity index (χ0v) is 17.2. The Morgan fingerprint density at radius 3 is 2.61 bits per heavy atom. The quantitative estimate of drug-likeness (QED) is 0.575. The van der Waals surface area contributed by atoms with E-state index in [-0.39, 0.29) is 10.6 Å². The summed E-state index contributed by atoms with van der Waals surface area (Å²) >= 11 is 0. The predicted molar refractivity (Wildman–Crippen MR) is 109 cm³/mol. The topological polar surface area (TPSA) is 80.4 Å². The average Bonchev–Trinajstić information content (AvgIpc) is 2.71. The van der Waals surface area contributed by atoms with E-state index in [1.165, 1.54) is 18.2 Å². The van der Waals surface area contributed by atoms with Gasteiger partial charge in [0, 0.05) is 17.0 Å². The first-order valence-corrected chi connectivity index (χ1v) is 11.4. The number of aliphatic hydroxyl groups is 1. The molecule has 0 bridgehead atoms. The summed E-state index contributed by atoms with van der Waals surface area (Å²) in [6.45, 7) is 3.96. The Bertz CT molecular complexity index is 960. The Hall–Kier alpha value is -1.92. The van der Waals surface area contributed by atoms with Crippen molar-refractivity contribution in [2.75, 3.05) is 11.5 Å². The van der Waals surface area contributed by atoms with E-state index < -0.39 is 33.1 Å². The lowest BCUT2D eigenvalue weighted by molar-refractivity contribution is 0.0174. The van der Waals surface area contributed by atoms with Crippen LogP contribution in [0.4, 0.5) is 10.1 Å². The van der Waals surface area contributed by atoms with Gasteiger partial charge in [0.25, 0.3) is 0 Å². The summed E-state index contributed by atoms with van der Waals surface area (Å²) in [5, 5.41) is 11.6. The number of aliphatic hydroxyl groups excluding tert-OH is 1. The number of hydrogen-bond donors (Lipinski definition) is 2. The summed E-state index contributed by atoms with van der Waals surface area (Å²) in [6.07, 6.45) is 1.86. The molecule has 0 spiro atoms. The maximum Gasteiger partial charge on any atom is 0.179 e. The summed E-state index contributed by atoms with van der Waals surface area (Å²) in [5.41, 5.74) is 6.68. The highest BCUT2D eigenvalue weighted by Gasteiger charge is 2.48. The zero-order chi connectivity index (χ0) is 20.5. The van der Waals surface area contributed by atoms with E-state index in [2.05, 4.69) is 0 Å². The molecule has 28 heavy (non-hydrogen) atoms. The molecule has 0 aliphatic carbocycles. The van der Waals surface area contributed by atoms with Crippen molar-refractivity contribution < 1.29 is 17.9 Å². The van der Waals surface area contributed by atoms with Gasteiger partial charge in [0.2, 0.25) is 0 Å². The van der Waals surface area contributed by atoms with Crippen LogP contribution in [0.25, 0.3) is 0 Å². The van der Waals surface area contributed by atoms with E-state index >= 15 is 0 Å². The molecule has 0 aromatic heterocycles. The SMILES string of the molecule is CCCC[C@]1(CC)CS(=O)(=O)c2ccc(F)cc2[C@H](c2cccc(N)c2)[C@@H]1O. The molecule has 0 unspecified atom stereocenters. The van der Waals surface area contributed by atoms with Gasteiger partial charge < -0.3 is 10.8 Å². The minimum Gasteiger partial charge on any atom is -0.399 e. The highest BCUT2D eigenvalue weighted by Crippen LogP contribution is 2.48. The van der Waals surface area contributed by atoms with Crippen LogP contribution in [0.5, 0.6) is 0 Å². The third-order valence-corrected chi connectivity index (χ3v) is 8.06. The predicted octanol–water partition coefficient (Wildman–Crippen LogP) is 4.27. The lowest BCUT2D eigenvalue weighted by Gasteiger charge is -2.39. The minimum atomic E-state index is -3.69. The maximum atomic E-state index is 14.2. The summed E-state index contributed by atoms with van der Waals surface area (Å²) in [7, 11) is -3.69. The monoisotopic (exact) mass is 405 g/mol. The Balaban J connectivity index is 2.30. The Morgan fingerprint density at radius 2 is 1.96 bits per heavy atom. The van der Waals surface area contributed by atoms with Gasteiger partial charge in [-0.1, -0.05) is 38.8 Å². The third kappa shape index (κ3) is 3.67. The number of halogens is 1. The van der Waals surface area contributed by atoms with Gasteiger partial charge in [0.1, 0.15) is 5.82 Å². The molecule has 2 aromatic rings. The van der Waals surface area contributed by atoms with Gasteiger partial charge in [0.05, 0.1) is 16.8 Å². The molecule has 2 aromatic carbocycles. The van der Waals surface area contributed by atoms with Gasteiger partial charge >= 0.3 is 0 Å². The van der Waals surface area contributed by atoms with E-state index in [0.717, 1.165) is 12.8 Å². The van der Waals surface area contributed by atoms with Gasteiger partial charge in [-0.2, -0.15) is 0 Å². The molecule has 3 N–H and O–H groups in total. The van der Waals surface area contributed by atoms with Gasteiger partial charge in [-0.3, -0.25) is 0 Å². The van der Waals surface area contributed by atoms with Crippen molar-refractivity contribution in [1.82, 2.24) is 0 Å². The average molecular weight is 406 g/mol. The van der Waals surface area contributed by atoms with Crippen LogP contribution in [0.2, 0.25) is 0 Å². The second-order valence-corrected chi connectivity index (χ2v) is 9.81. The second kappa shape index (κ2) is 7.84. The fourth-order valence-electron chi connectivity index (χ4n) is 4.46. The van der Waals surface area contributed by atoms with Crippen molar-refractivity contribution in [2.24, 2.45) is 5.41 Å². The number of fused-ring (bicyclic) bond motifs is 1. The van der Waals surface area contributed by atoms with Crippen LogP contribution in [0.1, 0.15) is 56.6 Å². The first-order valence-electron chi connectivity index (χ1n) is 9.80. The van der Waals surface area contributed by atoms with E-state index in [4.69, 9.17) is 5.73 Å². The van der Waals surface area contributed by atoms with Crippen LogP contribution >= 0.6 is 0 Å². The molecule has 0 saturated heterocycles. The molecule has 3 rings (SSSR count). The highest BCUT2D eigenvalue weighted by atomic mass is 32.2. The lowest BCUT2D eigenvalue weighted by Crippen LogP contribution is -2.42. The number of nitrogen functional groups attached to an aromatic ring is 1. The third-order valence-electron chi connectivity index (χ3n) is 6.06. The number of sulfone groups is 1. The normalized spacial score (nSPS) is 26.4. The highest BCUT2D eigenvalue weighted by molar-refractivity contribution is 7.91. The Morgan fingerprint density at radius 1 is 1.21 bits per heavy atom. The first kappa shape index (κ1) is 20.8. The zero-order valence-electron chi connectivity index (χ0n) is 16.4. The molecule has 0 fully saturated rings. The lowest BCUT2D eigenvalue weighted by atomic mass is 9.69. The summed E-state index contributed by atoms with van der Waals surface area (Å²) in [6, 6.07) is 10.8. The number of anilines is 1. The van der Waals surface area contributed by atoms with Gasteiger partial charge in [-0.05, 0) is 54.3 Å². The van der Waals surface area contributed by atoms with E-state index in [1.807, 2.05) is 19.9 Å². The van der Waals surface area contributed by atoms with Gasteiger partial charge in [-0.15, -0.1) is 0 Å². The smallest absolute Gasteiger partial charge is 0.179 e. The molecule has 1 aliphatic rings. The minimum absolute atomic E-state index is 0.104. The standard InChI is InChI=1S/C22H28FNO3S/c1-3-5-11-22(4-2)14-28(26,27)19-10-9-16(23)13-18(19)20(21(22)25)15-7-6-8-17(24)12-15/h6-10,12-13,20-21,25H,3-5,11,14,24H2,1-2H3/t20-,21-,22+/m0/s1. The summed E-state index contributed by atoms with van der Waals surface area (Å²) in [5.74, 6) is -1.33. The molecule has 4 nitrogen and oxygen atoms in total. The Kier molecular flexibility index (Phi) is 5.82. The van der Waals surface area contributed by atoms with Crippen LogP contribution in [-0.4, -0.2) is 25.4 Å². The first-order chi connectivity index (χ1) is 13.2. The molecule has 6 heteroatoms. The number of unbranched alkanes of at least 4 members (excludes halogenated alkanes) is 1. The molecular formula is C22H28FNO3S. The molecule has 1 aliphatic heterocycles. The van der Waals surface area contributed by atoms with E-state index in [9.17, 15) is 17.9 Å². The number of nitrogens with two attached hydrogens (primary N) is 1. The van der Waals surface area contributed by atoms with Crippen molar-refractivity contribution >= 4 is 15.5 Å². The van der Waals surface area contributed by atoms with Crippen LogP contribution in [-0.2, 0) is 9.84 Å². The number of benzene rings is 2. The van der Waals surface area contributed by atoms with Gasteiger partial charge in [0.15, 0.2) is 9.84 Å². The number of hydrogen-bond acceptors (Lipinski definition) is 4. The van der Waals surface area contributed by atoms with Crippen molar-refractivity contribution in [2.45, 2.75) is 56.4 Å². The molecule has 3 atom stereocenters. The fourth-order valence-corrected chi connectivity index (χ4v) is 6.71. The molecular weight excluding hydrogens is 377 g/mol. The van der Waals surface area contributed by atoms with Crippen LogP contribution in [0.15, 0.2) is 47.4 Å². The summed E-state index contributed by atoms with van der Waals surface area (Å²) in [4.78, 5) is 0.104. The van der Waals surface area contributed by atoms with Crippen LogP contribution in [0.3, 0.4) is 0 Å². The second-order valence-electron chi connectivity index (χ2n) is 7.85. The maximum absolute atomic E-state index is 14.2. The largest absolute Gasteiger partial charge is 0.399 e. The van der Waals surface area contributed by atoms with Gasteiger partial charge in [-0.25, -0.2) is 12.8 Å². The molecule has 152 valence electrons. The van der Waals surface area contributed by atoms with E-state index in [0.29, 0.717) is 29.7 Å². The molecule has 0 saturated carbocycles. The van der Waals surface area contributed by atoms with Crippen LogP contribution in [0, 0.1) is 11.2 Å². The Labute approximate surface area is 166 Å². The van der Waals surface area contributed by atoms with Crippen molar-refractivity contribution in [1.29, 1.82) is 0 Å². The van der Waals surface area contributed by atoms with Crippen molar-refractivity contribution in [3.63, 3.8) is 0 Å². The van der Waals surface area contributed by atoms with E-state index in [1.54, 1.807) is 18.2 Å². The van der Waals surface area contributed by atoms with Crippen LogP contribution < -0.4 is 5.73 Å². The molecule has 0 amide bonds.